The molecule has 0 amide bonds. The summed E-state index contributed by atoms with van der Waals surface area (Å²) in [6, 6.07) is 3.15. The molecule has 0 spiro atoms. The summed E-state index contributed by atoms with van der Waals surface area (Å²) in [6.07, 6.45) is 3.06. The van der Waals surface area contributed by atoms with Crippen molar-refractivity contribution in [2.24, 2.45) is 5.92 Å². The van der Waals surface area contributed by atoms with Crippen molar-refractivity contribution in [3.05, 3.63) is 17.9 Å². The summed E-state index contributed by atoms with van der Waals surface area (Å²) in [7, 11) is -3.61. The fourth-order valence-corrected chi connectivity index (χ4v) is 3.65. The molecule has 0 saturated heterocycles. The van der Waals surface area contributed by atoms with Crippen LogP contribution in [0.15, 0.2) is 21.6 Å². The molecule has 0 bridgehead atoms. The molecule has 1 heterocycles. The minimum atomic E-state index is -3.61. The number of hydrogen-bond acceptors (Lipinski definition) is 5. The van der Waals surface area contributed by atoms with Crippen LogP contribution in [0.5, 0.6) is 0 Å². The smallest absolute Gasteiger partial charge is 0.273 e. The maximum atomic E-state index is 12.2. The van der Waals surface area contributed by atoms with Crippen LogP contribution < -0.4 is 10.0 Å². The van der Waals surface area contributed by atoms with Gasteiger partial charge in [0.2, 0.25) is 5.09 Å². The fraction of sp³-hybridized carbons (Fsp3) is 0.714. The van der Waals surface area contributed by atoms with Gasteiger partial charge in [0.1, 0.15) is 5.76 Å². The van der Waals surface area contributed by atoms with Crippen molar-refractivity contribution in [1.82, 2.24) is 10.0 Å². The average Bonchev–Trinajstić information content (AvgIpc) is 2.93. The third-order valence-corrected chi connectivity index (χ3v) is 5.06. The Labute approximate surface area is 126 Å². The zero-order valence-electron chi connectivity index (χ0n) is 12.3. The van der Waals surface area contributed by atoms with Crippen molar-refractivity contribution in [3.8, 4) is 0 Å². The molecule has 1 aromatic rings. The second-order valence-corrected chi connectivity index (χ2v) is 7.24. The fourth-order valence-electron chi connectivity index (χ4n) is 2.59. The highest BCUT2D eigenvalue weighted by Gasteiger charge is 2.24. The lowest BCUT2D eigenvalue weighted by atomic mass is 9.87. The summed E-state index contributed by atoms with van der Waals surface area (Å²) < 4.78 is 32.2. The summed E-state index contributed by atoms with van der Waals surface area (Å²) in [4.78, 5) is 0. The predicted octanol–water partition coefficient (Wildman–Crippen LogP) is 1.22. The molecule has 1 aliphatic rings. The number of furan rings is 1. The van der Waals surface area contributed by atoms with E-state index in [1.807, 2.05) is 6.92 Å². The molecule has 120 valence electrons. The zero-order valence-corrected chi connectivity index (χ0v) is 13.2. The molecule has 2 unspecified atom stereocenters. The molecule has 0 aliphatic heterocycles. The second-order valence-electron chi connectivity index (χ2n) is 5.54. The van der Waals surface area contributed by atoms with Crippen LogP contribution in [0.25, 0.3) is 0 Å². The lowest BCUT2D eigenvalue weighted by molar-refractivity contribution is 0.102. The Morgan fingerprint density at radius 1 is 1.38 bits per heavy atom. The Morgan fingerprint density at radius 2 is 2.19 bits per heavy atom. The predicted molar refractivity (Wildman–Crippen MR) is 79.2 cm³/mol. The molecule has 1 aromatic heterocycles. The molecule has 1 aliphatic carbocycles. The Bertz CT molecular complexity index is 541. The van der Waals surface area contributed by atoms with Gasteiger partial charge in [-0.15, -0.1) is 0 Å². The van der Waals surface area contributed by atoms with Gasteiger partial charge in [0.15, 0.2) is 0 Å². The molecular formula is C14H24N2O4S. The van der Waals surface area contributed by atoms with Crippen LogP contribution in [0, 0.1) is 5.92 Å². The van der Waals surface area contributed by atoms with Crippen LogP contribution in [0.2, 0.25) is 0 Å². The number of sulfonamides is 1. The monoisotopic (exact) mass is 316 g/mol. The molecule has 2 rings (SSSR count). The number of hydrogen-bond donors (Lipinski definition) is 3. The van der Waals surface area contributed by atoms with Gasteiger partial charge in [-0.2, -0.15) is 0 Å². The van der Waals surface area contributed by atoms with Crippen LogP contribution in [-0.2, 0) is 16.6 Å². The van der Waals surface area contributed by atoms with Gasteiger partial charge in [-0.1, -0.05) is 13.3 Å². The van der Waals surface area contributed by atoms with Crippen molar-refractivity contribution in [2.75, 3.05) is 13.1 Å². The van der Waals surface area contributed by atoms with Crippen LogP contribution in [0.1, 0.15) is 38.4 Å². The standard InChI is InChI=1S/C14H24N2O4S/c1-2-15-10-13-6-7-14(20-13)21(18,19)16-9-11-4-3-5-12(17)8-11/h6-7,11-12,15-17H,2-5,8-10H2,1H3. The quantitative estimate of drug-likeness (QED) is 0.703. The van der Waals surface area contributed by atoms with Crippen LogP contribution >= 0.6 is 0 Å². The first-order chi connectivity index (χ1) is 10.0. The van der Waals surface area contributed by atoms with E-state index in [1.54, 1.807) is 6.07 Å². The third kappa shape index (κ3) is 4.81. The third-order valence-electron chi connectivity index (χ3n) is 3.77. The highest BCUT2D eigenvalue weighted by Crippen LogP contribution is 2.24. The average molecular weight is 316 g/mol. The summed E-state index contributed by atoms with van der Waals surface area (Å²) in [6.45, 7) is 3.63. The van der Waals surface area contributed by atoms with Crippen molar-refractivity contribution in [1.29, 1.82) is 0 Å². The largest absolute Gasteiger partial charge is 0.447 e. The zero-order chi connectivity index (χ0) is 15.3. The minimum absolute atomic E-state index is 0.0493. The van der Waals surface area contributed by atoms with Gasteiger partial charge in [0.25, 0.3) is 10.0 Å². The summed E-state index contributed by atoms with van der Waals surface area (Å²) in [5.41, 5.74) is 0. The van der Waals surface area contributed by atoms with Crippen LogP contribution in [0.3, 0.4) is 0 Å². The summed E-state index contributed by atoms with van der Waals surface area (Å²) in [5.74, 6) is 0.796. The van der Waals surface area contributed by atoms with Crippen LogP contribution in [0.4, 0.5) is 0 Å². The highest BCUT2D eigenvalue weighted by atomic mass is 32.2. The van der Waals surface area contributed by atoms with E-state index in [2.05, 4.69) is 10.0 Å². The molecular weight excluding hydrogens is 292 g/mol. The normalized spacial score (nSPS) is 23.3. The van der Waals surface area contributed by atoms with Gasteiger partial charge in [0, 0.05) is 6.54 Å². The van der Waals surface area contributed by atoms with Gasteiger partial charge >= 0.3 is 0 Å². The number of nitrogens with one attached hydrogen (secondary N) is 2. The second kappa shape index (κ2) is 7.40. The molecule has 3 N–H and O–H groups in total. The topological polar surface area (TPSA) is 91.6 Å². The van der Waals surface area contributed by atoms with Crippen molar-refractivity contribution >= 4 is 10.0 Å². The Morgan fingerprint density at radius 3 is 2.90 bits per heavy atom. The molecule has 0 radical (unpaired) electrons. The van der Waals surface area contributed by atoms with E-state index in [4.69, 9.17) is 4.42 Å². The first-order valence-electron chi connectivity index (χ1n) is 7.48. The Kier molecular flexibility index (Phi) is 5.80. The molecule has 0 aromatic carbocycles. The number of aliphatic hydroxyl groups excluding tert-OH is 1. The lowest BCUT2D eigenvalue weighted by Crippen LogP contribution is -2.32. The van der Waals surface area contributed by atoms with Crippen LogP contribution in [-0.4, -0.2) is 32.7 Å². The minimum Gasteiger partial charge on any atom is -0.447 e. The molecule has 7 heteroatoms. The lowest BCUT2D eigenvalue weighted by Gasteiger charge is -2.25. The van der Waals surface area contributed by atoms with E-state index in [0.717, 1.165) is 25.8 Å². The van der Waals surface area contributed by atoms with Crippen molar-refractivity contribution < 1.29 is 17.9 Å². The maximum absolute atomic E-state index is 12.2. The first kappa shape index (κ1) is 16.5. The van der Waals surface area contributed by atoms with E-state index in [9.17, 15) is 13.5 Å². The van der Waals surface area contributed by atoms with Gasteiger partial charge < -0.3 is 14.8 Å². The van der Waals surface area contributed by atoms with E-state index < -0.39 is 10.0 Å². The molecule has 1 saturated carbocycles. The van der Waals surface area contributed by atoms with E-state index in [1.165, 1.54) is 6.07 Å². The first-order valence-corrected chi connectivity index (χ1v) is 8.96. The molecule has 1 fully saturated rings. The highest BCUT2D eigenvalue weighted by molar-refractivity contribution is 7.89. The van der Waals surface area contributed by atoms with E-state index in [-0.39, 0.29) is 17.1 Å². The van der Waals surface area contributed by atoms with E-state index >= 15 is 0 Å². The van der Waals surface area contributed by atoms with Crippen molar-refractivity contribution in [2.45, 2.75) is 50.3 Å². The Hall–Kier alpha value is -0.890. The molecule has 21 heavy (non-hydrogen) atoms. The number of rotatable bonds is 7. The molecule has 6 nitrogen and oxygen atoms in total. The number of aliphatic hydroxyl groups is 1. The van der Waals surface area contributed by atoms with E-state index in [0.29, 0.717) is 25.3 Å². The van der Waals surface area contributed by atoms with Gasteiger partial charge in [-0.05, 0) is 43.9 Å². The summed E-state index contributed by atoms with van der Waals surface area (Å²) >= 11 is 0. The van der Waals surface area contributed by atoms with Gasteiger partial charge in [0.05, 0.1) is 12.6 Å². The maximum Gasteiger partial charge on any atom is 0.273 e. The summed E-state index contributed by atoms with van der Waals surface area (Å²) in [5, 5.41) is 12.6. The van der Waals surface area contributed by atoms with Crippen molar-refractivity contribution in [3.63, 3.8) is 0 Å². The SMILES string of the molecule is CCNCc1ccc(S(=O)(=O)NCC2CCCC(O)C2)o1. The Balaban J connectivity index is 1.90. The van der Waals surface area contributed by atoms with Gasteiger partial charge in [-0.3, -0.25) is 0 Å². The van der Waals surface area contributed by atoms with Gasteiger partial charge in [-0.25, -0.2) is 13.1 Å². The molecule has 2 atom stereocenters.